The van der Waals surface area contributed by atoms with Crippen molar-refractivity contribution in [3.63, 3.8) is 0 Å². The number of ether oxygens (including phenoxy) is 3. The molecule has 1 aromatic carbocycles. The van der Waals surface area contributed by atoms with Gasteiger partial charge in [0.2, 0.25) is 15.9 Å². The summed E-state index contributed by atoms with van der Waals surface area (Å²) in [5.74, 6) is -0.287. The van der Waals surface area contributed by atoms with Crippen LogP contribution in [0, 0.1) is 0 Å². The molecular formula is C17H24N2O6S. The van der Waals surface area contributed by atoms with Crippen LogP contribution in [-0.2, 0) is 24.3 Å². The van der Waals surface area contributed by atoms with Crippen molar-refractivity contribution in [1.82, 2.24) is 4.90 Å². The Labute approximate surface area is 153 Å². The highest BCUT2D eigenvalue weighted by Crippen LogP contribution is 2.31. The Bertz CT molecular complexity index is 750. The second-order valence-electron chi connectivity index (χ2n) is 6.46. The number of anilines is 1. The van der Waals surface area contributed by atoms with Gasteiger partial charge in [0.25, 0.3) is 0 Å². The molecule has 0 radical (unpaired) electrons. The molecule has 2 fully saturated rings. The molecule has 0 aliphatic carbocycles. The molecule has 0 bridgehead atoms. The number of benzene rings is 1. The van der Waals surface area contributed by atoms with E-state index in [-0.39, 0.29) is 12.5 Å². The standard InChI is InChI=1S/C17H24N2O6S/c1-23-15-5-3-4-14(12-15)19(26(2,21)22)13-16(20)18-8-6-17(7-9-18)24-10-11-25-17/h3-5,12H,6-11,13H2,1-2H3. The molecule has 1 aromatic rings. The molecule has 1 amide bonds. The predicted molar refractivity (Wildman–Crippen MR) is 95.6 cm³/mol. The lowest BCUT2D eigenvalue weighted by atomic mass is 10.0. The van der Waals surface area contributed by atoms with Crippen molar-refractivity contribution in [3.05, 3.63) is 24.3 Å². The molecule has 2 aliphatic rings. The third-order valence-corrected chi connectivity index (χ3v) is 5.85. The third kappa shape index (κ3) is 4.11. The molecule has 0 N–H and O–H groups in total. The second-order valence-corrected chi connectivity index (χ2v) is 8.37. The molecule has 2 saturated heterocycles. The summed E-state index contributed by atoms with van der Waals surface area (Å²) in [6, 6.07) is 6.65. The highest BCUT2D eigenvalue weighted by atomic mass is 32.2. The van der Waals surface area contributed by atoms with Crippen molar-refractivity contribution in [2.24, 2.45) is 0 Å². The highest BCUT2D eigenvalue weighted by molar-refractivity contribution is 7.92. The van der Waals surface area contributed by atoms with Crippen LogP contribution >= 0.6 is 0 Å². The molecule has 0 unspecified atom stereocenters. The van der Waals surface area contributed by atoms with E-state index in [4.69, 9.17) is 14.2 Å². The van der Waals surface area contributed by atoms with Crippen molar-refractivity contribution in [1.29, 1.82) is 0 Å². The number of sulfonamides is 1. The molecule has 0 aromatic heterocycles. The molecular weight excluding hydrogens is 360 g/mol. The molecule has 1 spiro atoms. The van der Waals surface area contributed by atoms with Crippen LogP contribution in [0.2, 0.25) is 0 Å². The maximum Gasteiger partial charge on any atom is 0.243 e. The lowest BCUT2D eigenvalue weighted by Crippen LogP contribution is -2.50. The minimum atomic E-state index is -3.62. The summed E-state index contributed by atoms with van der Waals surface area (Å²) in [5, 5.41) is 0. The Kier molecular flexibility index (Phi) is 5.40. The Hall–Kier alpha value is -1.84. The number of nitrogens with zero attached hydrogens (tertiary/aromatic N) is 2. The normalized spacial score (nSPS) is 19.5. The van der Waals surface area contributed by atoms with Gasteiger partial charge in [-0.2, -0.15) is 0 Å². The van der Waals surface area contributed by atoms with Crippen LogP contribution in [-0.4, -0.2) is 71.2 Å². The van der Waals surface area contributed by atoms with E-state index < -0.39 is 15.8 Å². The molecule has 2 aliphatic heterocycles. The van der Waals surface area contributed by atoms with Gasteiger partial charge in [0.05, 0.1) is 32.3 Å². The van der Waals surface area contributed by atoms with Crippen LogP contribution in [0.4, 0.5) is 5.69 Å². The van der Waals surface area contributed by atoms with Crippen molar-refractivity contribution in [3.8, 4) is 5.75 Å². The second kappa shape index (κ2) is 7.42. The Morgan fingerprint density at radius 3 is 2.50 bits per heavy atom. The third-order valence-electron chi connectivity index (χ3n) is 4.71. The molecule has 9 heteroatoms. The fourth-order valence-corrected chi connectivity index (χ4v) is 4.11. The average molecular weight is 384 g/mol. The van der Waals surface area contributed by atoms with Gasteiger partial charge in [-0.1, -0.05) is 6.07 Å². The largest absolute Gasteiger partial charge is 0.497 e. The summed E-state index contributed by atoms with van der Waals surface area (Å²) in [4.78, 5) is 14.4. The number of rotatable bonds is 5. The van der Waals surface area contributed by atoms with Crippen LogP contribution < -0.4 is 9.04 Å². The summed E-state index contributed by atoms with van der Waals surface area (Å²) < 4.78 is 42.0. The number of carbonyl (C=O) groups excluding carboxylic acids is 1. The summed E-state index contributed by atoms with van der Waals surface area (Å²) in [6.45, 7) is 1.86. The van der Waals surface area contributed by atoms with Crippen molar-refractivity contribution < 1.29 is 27.4 Å². The van der Waals surface area contributed by atoms with Gasteiger partial charge in [-0.15, -0.1) is 0 Å². The van der Waals surface area contributed by atoms with Crippen LogP contribution in [0.15, 0.2) is 24.3 Å². The minimum absolute atomic E-state index is 0.244. The molecule has 3 rings (SSSR count). The van der Waals surface area contributed by atoms with Gasteiger partial charge in [-0.25, -0.2) is 8.42 Å². The number of likely N-dealkylation sites (tertiary alicyclic amines) is 1. The smallest absolute Gasteiger partial charge is 0.243 e. The van der Waals surface area contributed by atoms with Crippen molar-refractivity contribution in [2.45, 2.75) is 18.6 Å². The molecule has 0 saturated carbocycles. The zero-order chi connectivity index (χ0) is 18.8. The highest BCUT2D eigenvalue weighted by Gasteiger charge is 2.41. The first-order valence-corrected chi connectivity index (χ1v) is 10.4. The lowest BCUT2D eigenvalue weighted by molar-refractivity contribution is -0.187. The molecule has 26 heavy (non-hydrogen) atoms. The SMILES string of the molecule is COc1cccc(N(CC(=O)N2CCC3(CC2)OCCO3)S(C)(=O)=O)c1. The maximum atomic E-state index is 12.7. The minimum Gasteiger partial charge on any atom is -0.497 e. The van der Waals surface area contributed by atoms with E-state index in [9.17, 15) is 13.2 Å². The topological polar surface area (TPSA) is 85.4 Å². The van der Waals surface area contributed by atoms with Gasteiger partial charge < -0.3 is 19.1 Å². The summed E-state index contributed by atoms with van der Waals surface area (Å²) in [5.41, 5.74) is 0.399. The van der Waals surface area contributed by atoms with E-state index in [2.05, 4.69) is 0 Å². The molecule has 8 nitrogen and oxygen atoms in total. The van der Waals surface area contributed by atoms with Crippen LogP contribution in [0.3, 0.4) is 0 Å². The molecule has 0 atom stereocenters. The van der Waals surface area contributed by atoms with Gasteiger partial charge in [-0.3, -0.25) is 9.10 Å². The van der Waals surface area contributed by atoms with Gasteiger partial charge in [0.15, 0.2) is 5.79 Å². The first kappa shape index (κ1) is 18.9. The lowest BCUT2D eigenvalue weighted by Gasteiger charge is -2.38. The average Bonchev–Trinajstić information content (AvgIpc) is 3.07. The number of amides is 1. The number of methoxy groups -OCH3 is 1. The Morgan fingerprint density at radius 1 is 1.27 bits per heavy atom. The first-order valence-electron chi connectivity index (χ1n) is 8.50. The van der Waals surface area contributed by atoms with Crippen LogP contribution in [0.25, 0.3) is 0 Å². The molecule has 144 valence electrons. The van der Waals surface area contributed by atoms with Gasteiger partial charge >= 0.3 is 0 Å². The fourth-order valence-electron chi connectivity index (χ4n) is 3.27. The fraction of sp³-hybridized carbons (Fsp3) is 0.588. The Balaban J connectivity index is 1.70. The van der Waals surface area contributed by atoms with Gasteiger partial charge in [-0.05, 0) is 12.1 Å². The monoisotopic (exact) mass is 384 g/mol. The predicted octanol–water partition coefficient (Wildman–Crippen LogP) is 0.827. The maximum absolute atomic E-state index is 12.7. The van der Waals surface area contributed by atoms with E-state index in [1.807, 2.05) is 0 Å². The van der Waals surface area contributed by atoms with E-state index in [0.29, 0.717) is 50.6 Å². The zero-order valence-electron chi connectivity index (χ0n) is 15.0. The Morgan fingerprint density at radius 2 is 1.92 bits per heavy atom. The van der Waals surface area contributed by atoms with Crippen molar-refractivity contribution >= 4 is 21.6 Å². The van der Waals surface area contributed by atoms with E-state index >= 15 is 0 Å². The number of piperidine rings is 1. The summed E-state index contributed by atoms with van der Waals surface area (Å²) >= 11 is 0. The summed E-state index contributed by atoms with van der Waals surface area (Å²) in [6.07, 6.45) is 2.28. The first-order chi connectivity index (χ1) is 12.3. The summed E-state index contributed by atoms with van der Waals surface area (Å²) in [7, 11) is -2.11. The quantitative estimate of drug-likeness (QED) is 0.747. The zero-order valence-corrected chi connectivity index (χ0v) is 15.8. The molecule has 2 heterocycles. The number of hydrogen-bond acceptors (Lipinski definition) is 6. The van der Waals surface area contributed by atoms with Crippen LogP contribution in [0.5, 0.6) is 5.75 Å². The van der Waals surface area contributed by atoms with E-state index in [1.165, 1.54) is 7.11 Å². The van der Waals surface area contributed by atoms with Crippen LogP contribution in [0.1, 0.15) is 12.8 Å². The number of carbonyl (C=O) groups is 1. The van der Waals surface area contributed by atoms with Gasteiger partial charge in [0.1, 0.15) is 12.3 Å². The van der Waals surface area contributed by atoms with Gasteiger partial charge in [0, 0.05) is 32.0 Å². The number of hydrogen-bond donors (Lipinski definition) is 0. The van der Waals surface area contributed by atoms with E-state index in [0.717, 1.165) is 10.6 Å². The van der Waals surface area contributed by atoms with E-state index in [1.54, 1.807) is 29.2 Å². The van der Waals surface area contributed by atoms with Crippen molar-refractivity contribution in [2.75, 3.05) is 50.5 Å².